The van der Waals surface area contributed by atoms with Gasteiger partial charge in [-0.2, -0.15) is 0 Å². The Kier molecular flexibility index (Phi) is 12.4. The lowest BCUT2D eigenvalue weighted by molar-refractivity contribution is -0.123. The third-order valence-electron chi connectivity index (χ3n) is 3.10. The highest BCUT2D eigenvalue weighted by molar-refractivity contribution is 14.0. The number of nitrogens with one attached hydrogen (secondary N) is 3. The quantitative estimate of drug-likeness (QED) is 0.255. The Morgan fingerprint density at radius 3 is 2.35 bits per heavy atom. The fourth-order valence-electron chi connectivity index (χ4n) is 1.85. The van der Waals surface area contributed by atoms with Gasteiger partial charge in [0.05, 0.1) is 0 Å². The number of hydrogen-bond donors (Lipinski definition) is 3. The van der Waals surface area contributed by atoms with Crippen molar-refractivity contribution in [3.05, 3.63) is 35.9 Å². The number of carbonyl (C=O) groups excluding carboxylic acids is 1. The average molecular weight is 432 g/mol. The molecule has 0 atom stereocenters. The van der Waals surface area contributed by atoms with E-state index in [2.05, 4.69) is 33.1 Å². The van der Waals surface area contributed by atoms with Crippen LogP contribution in [0.1, 0.15) is 26.3 Å². The summed E-state index contributed by atoms with van der Waals surface area (Å²) >= 11 is 0. The Hall–Kier alpha value is -1.31. The monoisotopic (exact) mass is 432 g/mol. The molecule has 0 aliphatic carbocycles. The Balaban J connectivity index is 0.00000484. The SMILES string of the molecule is CCNC(=NCCc1ccccc1)NCCNC(=O)C(C)C.I. The van der Waals surface area contributed by atoms with Crippen molar-refractivity contribution >= 4 is 35.8 Å². The number of rotatable bonds is 8. The van der Waals surface area contributed by atoms with Gasteiger partial charge in [-0.15, -0.1) is 24.0 Å². The van der Waals surface area contributed by atoms with Crippen molar-refractivity contribution in [1.29, 1.82) is 0 Å². The van der Waals surface area contributed by atoms with Gasteiger partial charge in [-0.3, -0.25) is 9.79 Å². The molecule has 0 unspecified atom stereocenters. The lowest BCUT2D eigenvalue weighted by Crippen LogP contribution is -2.42. The third kappa shape index (κ3) is 10.1. The maximum absolute atomic E-state index is 11.5. The highest BCUT2D eigenvalue weighted by Crippen LogP contribution is 1.99. The van der Waals surface area contributed by atoms with Crippen LogP contribution in [0.4, 0.5) is 0 Å². The first-order valence-corrected chi connectivity index (χ1v) is 7.97. The molecule has 0 aliphatic rings. The number of halogens is 1. The Morgan fingerprint density at radius 2 is 1.74 bits per heavy atom. The molecule has 0 heterocycles. The molecule has 0 fully saturated rings. The smallest absolute Gasteiger partial charge is 0.222 e. The number of guanidine groups is 1. The molecule has 0 spiro atoms. The number of amides is 1. The zero-order valence-electron chi connectivity index (χ0n) is 14.3. The second-order valence-corrected chi connectivity index (χ2v) is 5.37. The molecule has 0 bridgehead atoms. The fraction of sp³-hybridized carbons (Fsp3) is 0.529. The van der Waals surface area contributed by atoms with Crippen LogP contribution in [-0.2, 0) is 11.2 Å². The Morgan fingerprint density at radius 1 is 1.09 bits per heavy atom. The summed E-state index contributed by atoms with van der Waals surface area (Å²) in [6, 6.07) is 10.3. The highest BCUT2D eigenvalue weighted by atomic mass is 127. The van der Waals surface area contributed by atoms with Crippen LogP contribution in [0.5, 0.6) is 0 Å². The molecule has 1 aromatic carbocycles. The van der Waals surface area contributed by atoms with E-state index in [4.69, 9.17) is 0 Å². The molecule has 0 saturated heterocycles. The van der Waals surface area contributed by atoms with Crippen LogP contribution >= 0.6 is 24.0 Å². The largest absolute Gasteiger partial charge is 0.357 e. The molecular weight excluding hydrogens is 403 g/mol. The predicted octanol–water partition coefficient (Wildman–Crippen LogP) is 2.17. The van der Waals surface area contributed by atoms with Crippen LogP contribution in [0, 0.1) is 5.92 Å². The minimum Gasteiger partial charge on any atom is -0.357 e. The van der Waals surface area contributed by atoms with Crippen molar-refractivity contribution in [3.63, 3.8) is 0 Å². The van der Waals surface area contributed by atoms with Crippen molar-refractivity contribution in [3.8, 4) is 0 Å². The van der Waals surface area contributed by atoms with Crippen LogP contribution in [0.15, 0.2) is 35.3 Å². The molecule has 1 amide bonds. The van der Waals surface area contributed by atoms with E-state index in [-0.39, 0.29) is 35.8 Å². The third-order valence-corrected chi connectivity index (χ3v) is 3.10. The summed E-state index contributed by atoms with van der Waals surface area (Å²) in [6.07, 6.45) is 0.918. The second kappa shape index (κ2) is 13.2. The first-order chi connectivity index (χ1) is 10.6. The van der Waals surface area contributed by atoms with E-state index in [0.717, 1.165) is 25.5 Å². The number of benzene rings is 1. The molecule has 0 saturated carbocycles. The van der Waals surface area contributed by atoms with Crippen LogP contribution in [0.3, 0.4) is 0 Å². The molecule has 6 heteroatoms. The summed E-state index contributed by atoms with van der Waals surface area (Å²) < 4.78 is 0. The predicted molar refractivity (Wildman–Crippen MR) is 107 cm³/mol. The summed E-state index contributed by atoms with van der Waals surface area (Å²) in [4.78, 5) is 16.0. The number of nitrogens with zero attached hydrogens (tertiary/aromatic N) is 1. The molecule has 5 nitrogen and oxygen atoms in total. The van der Waals surface area contributed by atoms with Gasteiger partial charge >= 0.3 is 0 Å². The van der Waals surface area contributed by atoms with Crippen LogP contribution < -0.4 is 16.0 Å². The standard InChI is InChI=1S/C17H28N4O.HI/c1-4-18-17(21-13-12-19-16(22)14(2)3)20-11-10-15-8-6-5-7-9-15;/h5-9,14H,4,10-13H2,1-3H3,(H,19,22)(H2,18,20,21);1H. The number of aliphatic imine (C=N–C) groups is 1. The van der Waals surface area contributed by atoms with Gasteiger partial charge in [-0.25, -0.2) is 0 Å². The second-order valence-electron chi connectivity index (χ2n) is 5.37. The van der Waals surface area contributed by atoms with Gasteiger partial charge in [0.25, 0.3) is 0 Å². The van der Waals surface area contributed by atoms with Gasteiger partial charge < -0.3 is 16.0 Å². The molecule has 0 radical (unpaired) electrons. The van der Waals surface area contributed by atoms with Gasteiger partial charge in [-0.05, 0) is 18.9 Å². The summed E-state index contributed by atoms with van der Waals surface area (Å²) in [5, 5.41) is 9.31. The van der Waals surface area contributed by atoms with Gasteiger partial charge in [0.1, 0.15) is 0 Å². The van der Waals surface area contributed by atoms with Crippen molar-refractivity contribution in [2.75, 3.05) is 26.2 Å². The fourth-order valence-corrected chi connectivity index (χ4v) is 1.85. The van der Waals surface area contributed by atoms with Crippen LogP contribution in [0.25, 0.3) is 0 Å². The van der Waals surface area contributed by atoms with Gasteiger partial charge in [0.15, 0.2) is 5.96 Å². The summed E-state index contributed by atoms with van der Waals surface area (Å²) in [5.41, 5.74) is 1.28. The minimum absolute atomic E-state index is 0. The first-order valence-electron chi connectivity index (χ1n) is 7.97. The zero-order valence-corrected chi connectivity index (χ0v) is 16.6. The number of carbonyl (C=O) groups is 1. The van der Waals surface area contributed by atoms with E-state index in [0.29, 0.717) is 13.1 Å². The molecule has 1 rings (SSSR count). The summed E-state index contributed by atoms with van der Waals surface area (Å²) in [6.45, 7) is 8.62. The van der Waals surface area contributed by atoms with E-state index < -0.39 is 0 Å². The molecule has 23 heavy (non-hydrogen) atoms. The van der Waals surface area contributed by atoms with Crippen LogP contribution in [-0.4, -0.2) is 38.0 Å². The van der Waals surface area contributed by atoms with Crippen molar-refractivity contribution in [1.82, 2.24) is 16.0 Å². The molecule has 0 aromatic heterocycles. The lowest BCUT2D eigenvalue weighted by Gasteiger charge is -2.12. The van der Waals surface area contributed by atoms with Crippen molar-refractivity contribution < 1.29 is 4.79 Å². The van der Waals surface area contributed by atoms with E-state index in [9.17, 15) is 4.79 Å². The normalized spacial score (nSPS) is 10.9. The maximum Gasteiger partial charge on any atom is 0.222 e. The van der Waals surface area contributed by atoms with Crippen molar-refractivity contribution in [2.45, 2.75) is 27.2 Å². The molecule has 0 aliphatic heterocycles. The molecule has 3 N–H and O–H groups in total. The number of hydrogen-bond acceptors (Lipinski definition) is 2. The van der Waals surface area contributed by atoms with Gasteiger partial charge in [-0.1, -0.05) is 44.2 Å². The topological polar surface area (TPSA) is 65.5 Å². The molecule has 1 aromatic rings. The van der Waals surface area contributed by atoms with E-state index in [1.54, 1.807) is 0 Å². The Labute approximate surface area is 156 Å². The molecule has 130 valence electrons. The van der Waals surface area contributed by atoms with E-state index in [1.165, 1.54) is 5.56 Å². The zero-order chi connectivity index (χ0) is 16.2. The lowest BCUT2D eigenvalue weighted by atomic mass is 10.2. The Bertz CT molecular complexity index is 463. The summed E-state index contributed by atoms with van der Waals surface area (Å²) in [7, 11) is 0. The average Bonchev–Trinajstić information content (AvgIpc) is 2.52. The minimum atomic E-state index is 0. The van der Waals surface area contributed by atoms with Crippen molar-refractivity contribution in [2.24, 2.45) is 10.9 Å². The van der Waals surface area contributed by atoms with E-state index in [1.807, 2.05) is 39.0 Å². The highest BCUT2D eigenvalue weighted by Gasteiger charge is 2.05. The van der Waals surface area contributed by atoms with Gasteiger partial charge in [0.2, 0.25) is 5.91 Å². The van der Waals surface area contributed by atoms with Crippen LogP contribution in [0.2, 0.25) is 0 Å². The maximum atomic E-state index is 11.5. The first kappa shape index (κ1) is 21.7. The van der Waals surface area contributed by atoms with E-state index >= 15 is 0 Å². The summed E-state index contributed by atoms with van der Waals surface area (Å²) in [5.74, 6) is 0.887. The molecular formula is C17H29IN4O. The van der Waals surface area contributed by atoms with Gasteiger partial charge in [0, 0.05) is 32.1 Å².